The van der Waals surface area contributed by atoms with Crippen molar-refractivity contribution in [1.82, 2.24) is 0 Å². The molecular formula is C14H14ClFO. The number of carbonyl (C=O) groups is 1. The Labute approximate surface area is 105 Å². The number of hydrogen-bond donors (Lipinski definition) is 0. The minimum atomic E-state index is -0.437. The molecule has 0 radical (unpaired) electrons. The molecule has 0 bridgehead atoms. The maximum absolute atomic E-state index is 13.2. The number of halogens is 2. The van der Waals surface area contributed by atoms with Gasteiger partial charge < -0.3 is 0 Å². The van der Waals surface area contributed by atoms with Crippen molar-refractivity contribution in [1.29, 1.82) is 0 Å². The Morgan fingerprint density at radius 1 is 1.35 bits per heavy atom. The van der Waals surface area contributed by atoms with Crippen LogP contribution >= 0.6 is 11.6 Å². The van der Waals surface area contributed by atoms with E-state index in [0.29, 0.717) is 17.4 Å². The molecule has 0 spiro atoms. The van der Waals surface area contributed by atoms with Gasteiger partial charge in [0.15, 0.2) is 0 Å². The quantitative estimate of drug-likeness (QED) is 0.803. The van der Waals surface area contributed by atoms with E-state index in [1.54, 1.807) is 12.1 Å². The van der Waals surface area contributed by atoms with Gasteiger partial charge in [-0.05, 0) is 36.3 Å². The third kappa shape index (κ3) is 1.89. The lowest BCUT2D eigenvalue weighted by Gasteiger charge is -2.05. The molecule has 2 fully saturated rings. The number of Topliss-reactive ketones (excluding diaryl/α,β-unsaturated/α-hetero) is 1. The molecule has 0 amide bonds. The standard InChI is InChI=1S/C14H14ClFO/c15-14-8(3-1-6-11(14)16)7-12(17)13-9-4-2-5-10(9)13/h1,3,6,9-10,13H,2,4-5,7H2. The van der Waals surface area contributed by atoms with Gasteiger partial charge in [0, 0.05) is 12.3 Å². The fraction of sp³-hybridized carbons (Fsp3) is 0.500. The Hall–Kier alpha value is -0.890. The summed E-state index contributed by atoms with van der Waals surface area (Å²) in [5.41, 5.74) is 0.627. The second-order valence-electron chi connectivity index (χ2n) is 5.14. The van der Waals surface area contributed by atoms with E-state index >= 15 is 0 Å². The number of benzene rings is 1. The highest BCUT2D eigenvalue weighted by atomic mass is 35.5. The predicted octanol–water partition coefficient (Wildman–Crippen LogP) is 3.64. The van der Waals surface area contributed by atoms with Gasteiger partial charge in [-0.15, -0.1) is 0 Å². The zero-order valence-electron chi connectivity index (χ0n) is 9.46. The zero-order chi connectivity index (χ0) is 12.0. The van der Waals surface area contributed by atoms with Crippen LogP contribution in [0.15, 0.2) is 18.2 Å². The van der Waals surface area contributed by atoms with Crippen molar-refractivity contribution < 1.29 is 9.18 Å². The van der Waals surface area contributed by atoms with Gasteiger partial charge in [0.25, 0.3) is 0 Å². The maximum Gasteiger partial charge on any atom is 0.142 e. The first-order valence-electron chi connectivity index (χ1n) is 6.14. The van der Waals surface area contributed by atoms with Crippen LogP contribution in [0.3, 0.4) is 0 Å². The summed E-state index contributed by atoms with van der Waals surface area (Å²) in [6.07, 6.45) is 3.93. The zero-order valence-corrected chi connectivity index (χ0v) is 10.2. The van der Waals surface area contributed by atoms with Crippen LogP contribution in [0.2, 0.25) is 5.02 Å². The van der Waals surface area contributed by atoms with E-state index in [2.05, 4.69) is 0 Å². The summed E-state index contributed by atoms with van der Waals surface area (Å²) in [5.74, 6) is 1.29. The van der Waals surface area contributed by atoms with E-state index in [4.69, 9.17) is 11.6 Å². The first-order chi connectivity index (χ1) is 8.18. The second kappa shape index (κ2) is 4.09. The van der Waals surface area contributed by atoms with Crippen LogP contribution in [-0.2, 0) is 11.2 Å². The van der Waals surface area contributed by atoms with Gasteiger partial charge in [0.1, 0.15) is 11.6 Å². The van der Waals surface area contributed by atoms with Crippen molar-refractivity contribution in [2.75, 3.05) is 0 Å². The van der Waals surface area contributed by atoms with Crippen LogP contribution in [0, 0.1) is 23.6 Å². The van der Waals surface area contributed by atoms with Gasteiger partial charge in [-0.25, -0.2) is 4.39 Å². The van der Waals surface area contributed by atoms with Crippen LogP contribution in [0.5, 0.6) is 0 Å². The summed E-state index contributed by atoms with van der Waals surface area (Å²) in [5, 5.41) is 0.103. The van der Waals surface area contributed by atoms with Crippen molar-refractivity contribution in [2.45, 2.75) is 25.7 Å². The molecule has 1 aromatic carbocycles. The van der Waals surface area contributed by atoms with Gasteiger partial charge in [-0.2, -0.15) is 0 Å². The Bertz CT molecular complexity index is 461. The van der Waals surface area contributed by atoms with E-state index < -0.39 is 5.82 Å². The number of fused-ring (bicyclic) bond motifs is 1. The highest BCUT2D eigenvalue weighted by Gasteiger charge is 2.55. The monoisotopic (exact) mass is 252 g/mol. The molecule has 2 unspecified atom stereocenters. The highest BCUT2D eigenvalue weighted by Crippen LogP contribution is 2.58. The molecule has 2 aliphatic rings. The summed E-state index contributed by atoms with van der Waals surface area (Å²) >= 11 is 5.86. The minimum absolute atomic E-state index is 0.103. The summed E-state index contributed by atoms with van der Waals surface area (Å²) < 4.78 is 13.2. The van der Waals surface area contributed by atoms with E-state index in [-0.39, 0.29) is 23.1 Å². The molecule has 1 aromatic rings. The largest absolute Gasteiger partial charge is 0.299 e. The Kier molecular flexibility index (Phi) is 2.70. The molecule has 3 heteroatoms. The summed E-state index contributed by atoms with van der Waals surface area (Å²) in [6, 6.07) is 4.67. The van der Waals surface area contributed by atoms with Crippen molar-refractivity contribution in [3.05, 3.63) is 34.6 Å². The lowest BCUT2D eigenvalue weighted by Crippen LogP contribution is -2.09. The summed E-state index contributed by atoms with van der Waals surface area (Å²) in [4.78, 5) is 12.1. The van der Waals surface area contributed by atoms with Gasteiger partial charge >= 0.3 is 0 Å². The smallest absolute Gasteiger partial charge is 0.142 e. The maximum atomic E-state index is 13.2. The molecule has 2 aliphatic carbocycles. The van der Waals surface area contributed by atoms with Crippen molar-refractivity contribution in [2.24, 2.45) is 17.8 Å². The van der Waals surface area contributed by atoms with Crippen molar-refractivity contribution >= 4 is 17.4 Å². The minimum Gasteiger partial charge on any atom is -0.299 e. The average molecular weight is 253 g/mol. The van der Waals surface area contributed by atoms with Crippen molar-refractivity contribution in [3.8, 4) is 0 Å². The first-order valence-corrected chi connectivity index (χ1v) is 6.52. The van der Waals surface area contributed by atoms with Gasteiger partial charge in [0.2, 0.25) is 0 Å². The van der Waals surface area contributed by atoms with Crippen LogP contribution in [0.4, 0.5) is 4.39 Å². The van der Waals surface area contributed by atoms with E-state index in [0.717, 1.165) is 0 Å². The van der Waals surface area contributed by atoms with Crippen LogP contribution in [0.25, 0.3) is 0 Å². The molecule has 0 aliphatic heterocycles. The highest BCUT2D eigenvalue weighted by molar-refractivity contribution is 6.31. The van der Waals surface area contributed by atoms with Crippen LogP contribution in [-0.4, -0.2) is 5.78 Å². The molecular weight excluding hydrogens is 239 g/mol. The molecule has 3 rings (SSSR count). The Balaban J connectivity index is 1.71. The average Bonchev–Trinajstić information content (AvgIpc) is 2.79. The lowest BCUT2D eigenvalue weighted by atomic mass is 10.0. The molecule has 0 heterocycles. The summed E-state index contributed by atoms with van der Waals surface area (Å²) in [6.45, 7) is 0. The molecule has 0 saturated heterocycles. The molecule has 0 aromatic heterocycles. The van der Waals surface area contributed by atoms with E-state index in [1.807, 2.05) is 0 Å². The predicted molar refractivity (Wildman–Crippen MR) is 64.4 cm³/mol. The van der Waals surface area contributed by atoms with Gasteiger partial charge in [0.05, 0.1) is 5.02 Å². The van der Waals surface area contributed by atoms with E-state index in [9.17, 15) is 9.18 Å². The topological polar surface area (TPSA) is 17.1 Å². The van der Waals surface area contributed by atoms with Gasteiger partial charge in [-0.3, -0.25) is 4.79 Å². The first kappa shape index (κ1) is 11.2. The normalized spacial score (nSPS) is 30.1. The van der Waals surface area contributed by atoms with Crippen LogP contribution in [0.1, 0.15) is 24.8 Å². The second-order valence-corrected chi connectivity index (χ2v) is 5.52. The molecule has 90 valence electrons. The fourth-order valence-electron chi connectivity index (χ4n) is 3.29. The molecule has 17 heavy (non-hydrogen) atoms. The SMILES string of the molecule is O=C(Cc1cccc(F)c1Cl)C1C2CCCC21. The number of hydrogen-bond acceptors (Lipinski definition) is 1. The number of ketones is 1. The molecule has 2 saturated carbocycles. The number of carbonyl (C=O) groups excluding carboxylic acids is 1. The Morgan fingerprint density at radius 3 is 2.76 bits per heavy atom. The third-order valence-corrected chi connectivity index (χ3v) is 4.60. The van der Waals surface area contributed by atoms with E-state index in [1.165, 1.54) is 25.3 Å². The third-order valence-electron chi connectivity index (χ3n) is 4.17. The lowest BCUT2D eigenvalue weighted by molar-refractivity contribution is -0.120. The van der Waals surface area contributed by atoms with Gasteiger partial charge in [-0.1, -0.05) is 30.2 Å². The molecule has 2 atom stereocenters. The van der Waals surface area contributed by atoms with Crippen LogP contribution < -0.4 is 0 Å². The number of rotatable bonds is 3. The van der Waals surface area contributed by atoms with Crippen molar-refractivity contribution in [3.63, 3.8) is 0 Å². The Morgan fingerprint density at radius 2 is 2.06 bits per heavy atom. The molecule has 0 N–H and O–H groups in total. The molecule has 1 nitrogen and oxygen atoms in total. The fourth-order valence-corrected chi connectivity index (χ4v) is 3.48. The summed E-state index contributed by atoms with van der Waals surface area (Å²) in [7, 11) is 0.